The van der Waals surface area contributed by atoms with Crippen LogP contribution >= 0.6 is 11.3 Å². The molecule has 0 saturated heterocycles. The highest BCUT2D eigenvalue weighted by atomic mass is 32.1. The Labute approximate surface area is 280 Å². The number of ether oxygens (including phenoxy) is 2. The van der Waals surface area contributed by atoms with Crippen molar-refractivity contribution >= 4 is 40.5 Å². The summed E-state index contributed by atoms with van der Waals surface area (Å²) < 4.78 is 27.0. The molecule has 2 aromatic heterocycles. The molecule has 12 heteroatoms. The van der Waals surface area contributed by atoms with Gasteiger partial charge in [-0.2, -0.15) is 5.10 Å². The van der Waals surface area contributed by atoms with Crippen molar-refractivity contribution in [1.29, 1.82) is 0 Å². The van der Waals surface area contributed by atoms with Crippen LogP contribution in [0.2, 0.25) is 0 Å². The Morgan fingerprint density at radius 2 is 1.73 bits per heavy atom. The van der Waals surface area contributed by atoms with E-state index < -0.39 is 5.97 Å². The van der Waals surface area contributed by atoms with Gasteiger partial charge in [0.2, 0.25) is 5.91 Å². The number of carbonyl (C=O) groups excluding carboxylic acids is 3. The predicted molar refractivity (Wildman–Crippen MR) is 180 cm³/mol. The van der Waals surface area contributed by atoms with Gasteiger partial charge >= 0.3 is 5.97 Å². The Kier molecular flexibility index (Phi) is 8.50. The number of hydrogen-bond acceptors (Lipinski definition) is 8. The second-order valence-electron chi connectivity index (χ2n) is 11.7. The maximum Gasteiger partial charge on any atom is 0.365 e. The van der Waals surface area contributed by atoms with E-state index in [1.807, 2.05) is 12.1 Å². The zero-order chi connectivity index (χ0) is 33.4. The molecule has 0 atom stereocenters. The van der Waals surface area contributed by atoms with Crippen LogP contribution in [0, 0.1) is 5.82 Å². The van der Waals surface area contributed by atoms with Crippen molar-refractivity contribution in [1.82, 2.24) is 14.7 Å². The molecular weight excluding hydrogens is 633 g/mol. The molecule has 2 amide bonds. The molecule has 244 valence electrons. The third kappa shape index (κ3) is 6.19. The first kappa shape index (κ1) is 31.3. The van der Waals surface area contributed by atoms with Gasteiger partial charge in [0.1, 0.15) is 17.3 Å². The van der Waals surface area contributed by atoms with E-state index in [9.17, 15) is 18.8 Å². The summed E-state index contributed by atoms with van der Waals surface area (Å²) in [5.74, 6) is -0.717. The minimum absolute atomic E-state index is 0.0855. The first-order valence-corrected chi connectivity index (χ1v) is 16.3. The quantitative estimate of drug-likeness (QED) is 0.202. The molecule has 1 N–H and O–H groups in total. The minimum Gasteiger partial charge on any atom is -0.497 e. The Hall–Kier alpha value is -5.33. The number of carbonyl (C=O) groups is 3. The predicted octanol–water partition coefficient (Wildman–Crippen LogP) is 6.02. The van der Waals surface area contributed by atoms with Crippen LogP contribution in [0.1, 0.15) is 49.5 Å². The fourth-order valence-electron chi connectivity index (χ4n) is 6.17. The second kappa shape index (κ2) is 13.1. The number of anilines is 2. The molecule has 10 nitrogen and oxygen atoms in total. The van der Waals surface area contributed by atoms with E-state index >= 15 is 0 Å². The van der Waals surface area contributed by atoms with Crippen LogP contribution in [0.15, 0.2) is 78.9 Å². The zero-order valence-electron chi connectivity index (χ0n) is 26.4. The lowest BCUT2D eigenvalue weighted by molar-refractivity contribution is -0.114. The number of benzene rings is 3. The summed E-state index contributed by atoms with van der Waals surface area (Å²) in [5.41, 5.74) is 4.44. The van der Waals surface area contributed by atoms with Crippen LogP contribution in [0.5, 0.6) is 10.8 Å². The molecular formula is C36H32FN5O5S. The van der Waals surface area contributed by atoms with Gasteiger partial charge in [-0.05, 0) is 79.1 Å². The zero-order valence-corrected chi connectivity index (χ0v) is 27.2. The summed E-state index contributed by atoms with van der Waals surface area (Å²) >= 11 is 1.42. The summed E-state index contributed by atoms with van der Waals surface area (Å²) in [6.07, 6.45) is 1.14. The number of halogens is 1. The maximum absolute atomic E-state index is 14.3. The standard InChI is InChI=1S/C36H32FN5O5S/c1-22(43)38-25-7-9-26(10-8-25)41-18-15-29-33(39-42(34(29)35(41)44)27-11-13-28(46-2)14-12-27)36(45)47-32-19-24-21-40(17-16-31(24)48-32)20-23-5-3-4-6-30(23)37/h3-14,19H,15-18,20-21H2,1-2H3,(H,38,43). The van der Waals surface area contributed by atoms with Crippen molar-refractivity contribution in [2.24, 2.45) is 0 Å². The molecule has 0 unspecified atom stereocenters. The Bertz CT molecular complexity index is 2020. The van der Waals surface area contributed by atoms with Gasteiger partial charge in [0.25, 0.3) is 5.91 Å². The number of aromatic nitrogens is 2. The molecule has 3 aromatic carbocycles. The topological polar surface area (TPSA) is 106 Å². The van der Waals surface area contributed by atoms with Crippen molar-refractivity contribution in [3.05, 3.63) is 118 Å². The number of esters is 1. The van der Waals surface area contributed by atoms with Gasteiger partial charge in [-0.3, -0.25) is 14.5 Å². The summed E-state index contributed by atoms with van der Waals surface area (Å²) in [4.78, 5) is 44.3. The highest BCUT2D eigenvalue weighted by Gasteiger charge is 2.36. The molecule has 5 aromatic rings. The molecule has 0 saturated carbocycles. The van der Waals surface area contributed by atoms with Crippen LogP contribution in [-0.4, -0.2) is 52.7 Å². The van der Waals surface area contributed by atoms with Crippen molar-refractivity contribution in [2.45, 2.75) is 32.9 Å². The van der Waals surface area contributed by atoms with Crippen molar-refractivity contribution in [3.8, 4) is 16.5 Å². The van der Waals surface area contributed by atoms with Gasteiger partial charge in [0.15, 0.2) is 10.8 Å². The number of nitrogens with one attached hydrogen (secondary N) is 1. The highest BCUT2D eigenvalue weighted by molar-refractivity contribution is 7.14. The van der Waals surface area contributed by atoms with Crippen LogP contribution in [0.4, 0.5) is 15.8 Å². The Balaban J connectivity index is 1.15. The molecule has 0 fully saturated rings. The number of nitrogens with zero attached hydrogens (tertiary/aromatic N) is 4. The molecule has 0 aliphatic carbocycles. The third-order valence-corrected chi connectivity index (χ3v) is 9.61. The van der Waals surface area contributed by atoms with Gasteiger partial charge in [0.05, 0.1) is 12.8 Å². The fraction of sp³-hybridized carbons (Fsp3) is 0.222. The summed E-state index contributed by atoms with van der Waals surface area (Å²) in [7, 11) is 1.57. The Morgan fingerprint density at radius 3 is 2.46 bits per heavy atom. The normalized spacial score (nSPS) is 14.3. The largest absolute Gasteiger partial charge is 0.497 e. The lowest BCUT2D eigenvalue weighted by atomic mass is 10.0. The van der Waals surface area contributed by atoms with E-state index in [0.29, 0.717) is 65.1 Å². The van der Waals surface area contributed by atoms with E-state index in [4.69, 9.17) is 9.47 Å². The van der Waals surface area contributed by atoms with Crippen molar-refractivity contribution < 1.29 is 28.2 Å². The first-order valence-electron chi connectivity index (χ1n) is 15.5. The minimum atomic E-state index is -0.638. The lowest BCUT2D eigenvalue weighted by Gasteiger charge is -2.28. The second-order valence-corrected chi connectivity index (χ2v) is 12.8. The number of rotatable bonds is 8. The van der Waals surface area contributed by atoms with Crippen LogP contribution in [0.25, 0.3) is 5.69 Å². The number of amides is 2. The number of methoxy groups -OCH3 is 1. The van der Waals surface area contributed by atoms with Crippen LogP contribution < -0.4 is 19.7 Å². The number of hydrogen-bond donors (Lipinski definition) is 1. The van der Waals surface area contributed by atoms with E-state index in [1.54, 1.807) is 72.7 Å². The average molecular weight is 666 g/mol. The summed E-state index contributed by atoms with van der Waals surface area (Å²) in [6, 6.07) is 22.8. The first-order chi connectivity index (χ1) is 23.3. The molecule has 2 aliphatic rings. The lowest BCUT2D eigenvalue weighted by Crippen LogP contribution is -2.39. The summed E-state index contributed by atoms with van der Waals surface area (Å²) in [6.45, 7) is 3.64. The van der Waals surface area contributed by atoms with E-state index in [2.05, 4.69) is 15.3 Å². The van der Waals surface area contributed by atoms with E-state index in [0.717, 1.165) is 23.4 Å². The molecule has 2 aliphatic heterocycles. The number of thiophene rings is 1. The third-order valence-electron chi connectivity index (χ3n) is 8.49. The molecule has 0 bridgehead atoms. The summed E-state index contributed by atoms with van der Waals surface area (Å²) in [5, 5.41) is 7.84. The SMILES string of the molecule is COc1ccc(-n2nc(C(=O)Oc3cc4c(s3)CCN(Cc3ccccc3F)C4)c3c2C(=O)N(c2ccc(NC(C)=O)cc2)CC3)cc1. The molecule has 48 heavy (non-hydrogen) atoms. The van der Waals surface area contributed by atoms with Gasteiger partial charge < -0.3 is 19.7 Å². The highest BCUT2D eigenvalue weighted by Crippen LogP contribution is 2.36. The van der Waals surface area contributed by atoms with Crippen LogP contribution in [-0.2, 0) is 30.7 Å². The maximum atomic E-state index is 14.3. The molecule has 4 heterocycles. The van der Waals surface area contributed by atoms with Gasteiger partial charge in [-0.1, -0.05) is 18.2 Å². The van der Waals surface area contributed by atoms with Gasteiger partial charge in [-0.15, -0.1) is 11.3 Å². The van der Waals surface area contributed by atoms with E-state index in [-0.39, 0.29) is 29.0 Å². The van der Waals surface area contributed by atoms with Gasteiger partial charge in [0, 0.05) is 60.5 Å². The molecule has 7 rings (SSSR count). The van der Waals surface area contributed by atoms with Crippen molar-refractivity contribution in [2.75, 3.05) is 30.4 Å². The van der Waals surface area contributed by atoms with Crippen LogP contribution in [0.3, 0.4) is 0 Å². The smallest absolute Gasteiger partial charge is 0.365 e. The molecule has 0 radical (unpaired) electrons. The average Bonchev–Trinajstić information content (AvgIpc) is 3.68. The van der Waals surface area contributed by atoms with Crippen molar-refractivity contribution in [3.63, 3.8) is 0 Å². The van der Waals surface area contributed by atoms with Gasteiger partial charge in [-0.25, -0.2) is 13.9 Å². The monoisotopic (exact) mass is 665 g/mol. The van der Waals surface area contributed by atoms with E-state index in [1.165, 1.54) is 29.0 Å². The molecule has 0 spiro atoms. The number of fused-ring (bicyclic) bond motifs is 2. The Morgan fingerprint density at radius 1 is 0.979 bits per heavy atom. The fourth-order valence-corrected chi connectivity index (χ4v) is 7.17.